The first kappa shape index (κ1) is 25.5. The molecule has 1 aromatic carbocycles. The predicted molar refractivity (Wildman–Crippen MR) is 134 cm³/mol. The molecule has 4 heterocycles. The summed E-state index contributed by atoms with van der Waals surface area (Å²) in [5.41, 5.74) is -0.672. The van der Waals surface area contributed by atoms with E-state index in [1.165, 1.54) is 12.1 Å². The highest BCUT2D eigenvalue weighted by Gasteiger charge is 2.31. The summed E-state index contributed by atoms with van der Waals surface area (Å²) in [7, 11) is 0. The van der Waals surface area contributed by atoms with Gasteiger partial charge in [-0.2, -0.15) is 13.2 Å². The molecule has 2 amide bonds. The van der Waals surface area contributed by atoms with E-state index in [9.17, 15) is 18.0 Å². The van der Waals surface area contributed by atoms with Gasteiger partial charge in [0.15, 0.2) is 11.6 Å². The van der Waals surface area contributed by atoms with Gasteiger partial charge in [-0.15, -0.1) is 10.2 Å². The van der Waals surface area contributed by atoms with E-state index in [0.717, 1.165) is 75.9 Å². The van der Waals surface area contributed by atoms with E-state index in [0.29, 0.717) is 32.3 Å². The molecule has 3 fully saturated rings. The van der Waals surface area contributed by atoms with Gasteiger partial charge in [0, 0.05) is 71.2 Å². The molecule has 9 nitrogen and oxygen atoms in total. The van der Waals surface area contributed by atoms with E-state index >= 15 is 0 Å². The van der Waals surface area contributed by atoms with Gasteiger partial charge in [0.2, 0.25) is 0 Å². The first-order valence-electron chi connectivity index (χ1n) is 12.8. The van der Waals surface area contributed by atoms with Crippen molar-refractivity contribution in [3.63, 3.8) is 0 Å². The lowest BCUT2D eigenvalue weighted by Crippen LogP contribution is -2.50. The summed E-state index contributed by atoms with van der Waals surface area (Å²) in [4.78, 5) is 20.9. The van der Waals surface area contributed by atoms with Gasteiger partial charge in [0.05, 0.1) is 11.7 Å². The number of piperazine rings is 2. The van der Waals surface area contributed by atoms with Gasteiger partial charge in [0.25, 0.3) is 0 Å². The van der Waals surface area contributed by atoms with Crippen molar-refractivity contribution in [1.82, 2.24) is 20.0 Å². The van der Waals surface area contributed by atoms with E-state index < -0.39 is 17.8 Å². The Morgan fingerprint density at radius 2 is 1.59 bits per heavy atom. The molecule has 1 N–H and O–H groups in total. The fraction of sp³-hybridized carbons (Fsp3) is 0.560. The van der Waals surface area contributed by atoms with Crippen LogP contribution in [0.15, 0.2) is 36.4 Å². The second-order valence-electron chi connectivity index (χ2n) is 9.66. The van der Waals surface area contributed by atoms with Crippen molar-refractivity contribution in [2.45, 2.75) is 25.1 Å². The van der Waals surface area contributed by atoms with Crippen molar-refractivity contribution in [3.8, 4) is 0 Å². The second-order valence-corrected chi connectivity index (χ2v) is 9.66. The van der Waals surface area contributed by atoms with Crippen LogP contribution in [0.4, 0.5) is 35.3 Å². The van der Waals surface area contributed by atoms with Crippen molar-refractivity contribution in [3.05, 3.63) is 42.0 Å². The van der Waals surface area contributed by atoms with Crippen LogP contribution in [0.25, 0.3) is 0 Å². The lowest BCUT2D eigenvalue weighted by Gasteiger charge is -2.37. The molecular weight excluding hydrogens is 487 g/mol. The van der Waals surface area contributed by atoms with Crippen LogP contribution >= 0.6 is 0 Å². The monoisotopic (exact) mass is 519 g/mol. The number of aromatic nitrogens is 2. The summed E-state index contributed by atoms with van der Waals surface area (Å²) in [5.74, 6) is 1.61. The molecule has 37 heavy (non-hydrogen) atoms. The largest absolute Gasteiger partial charge is 0.416 e. The fourth-order valence-corrected chi connectivity index (χ4v) is 5.01. The fourth-order valence-electron chi connectivity index (χ4n) is 5.01. The highest BCUT2D eigenvalue weighted by atomic mass is 19.4. The molecule has 2 aromatic rings. The number of hydrogen-bond acceptors (Lipinski definition) is 7. The standard InChI is InChI=1S/C25H32F3N7O2/c26-25(27,28)19-3-1-4-20(17-19)29-24(36)35-14-12-34(13-15-35)23-7-6-22(30-31-23)33-10-8-32(9-11-33)18-21-5-2-16-37-21/h1,3-4,6-7,17,21H,2,5,8-16,18H2,(H,29,36). The predicted octanol–water partition coefficient (Wildman–Crippen LogP) is 3.15. The third-order valence-electron chi connectivity index (χ3n) is 7.15. The van der Waals surface area contributed by atoms with Crippen molar-refractivity contribution in [2.75, 3.05) is 80.6 Å². The zero-order chi connectivity index (χ0) is 25.8. The van der Waals surface area contributed by atoms with Gasteiger partial charge in [-0.25, -0.2) is 4.79 Å². The number of amides is 2. The zero-order valence-corrected chi connectivity index (χ0v) is 20.7. The minimum atomic E-state index is -4.46. The maximum absolute atomic E-state index is 12.9. The van der Waals surface area contributed by atoms with Gasteiger partial charge in [-0.3, -0.25) is 4.90 Å². The molecule has 0 aliphatic carbocycles. The summed E-state index contributed by atoms with van der Waals surface area (Å²) in [6.45, 7) is 7.64. The smallest absolute Gasteiger partial charge is 0.377 e. The Hall–Kier alpha value is -3.12. The molecule has 0 spiro atoms. The summed E-state index contributed by atoms with van der Waals surface area (Å²) in [6, 6.07) is 8.18. The molecule has 12 heteroatoms. The van der Waals surface area contributed by atoms with E-state index in [-0.39, 0.29) is 5.69 Å². The average molecular weight is 520 g/mol. The number of nitrogens with zero attached hydrogens (tertiary/aromatic N) is 6. The lowest BCUT2D eigenvalue weighted by molar-refractivity contribution is -0.137. The number of urea groups is 1. The Morgan fingerprint density at radius 1 is 0.946 bits per heavy atom. The quantitative estimate of drug-likeness (QED) is 0.651. The van der Waals surface area contributed by atoms with Gasteiger partial charge < -0.3 is 24.8 Å². The van der Waals surface area contributed by atoms with E-state index in [1.54, 1.807) is 4.90 Å². The van der Waals surface area contributed by atoms with Crippen molar-refractivity contribution >= 4 is 23.4 Å². The van der Waals surface area contributed by atoms with Crippen molar-refractivity contribution < 1.29 is 22.7 Å². The number of anilines is 3. The molecular formula is C25H32F3N7O2. The van der Waals surface area contributed by atoms with Gasteiger partial charge in [-0.1, -0.05) is 6.07 Å². The Labute approximate surface area is 214 Å². The molecule has 3 saturated heterocycles. The number of benzene rings is 1. The molecule has 1 atom stereocenters. The SMILES string of the molecule is O=C(Nc1cccc(C(F)(F)F)c1)N1CCN(c2ccc(N3CCN(CC4CCCO4)CC3)nn2)CC1. The maximum Gasteiger partial charge on any atom is 0.416 e. The van der Waals surface area contributed by atoms with E-state index in [2.05, 4.69) is 30.2 Å². The number of hydrogen-bond donors (Lipinski definition) is 1. The van der Waals surface area contributed by atoms with Crippen LogP contribution in [0, 0.1) is 0 Å². The summed E-state index contributed by atoms with van der Waals surface area (Å²) < 4.78 is 44.5. The highest BCUT2D eigenvalue weighted by Crippen LogP contribution is 2.30. The van der Waals surface area contributed by atoms with Crippen LogP contribution < -0.4 is 15.1 Å². The van der Waals surface area contributed by atoms with E-state index in [1.807, 2.05) is 12.1 Å². The third kappa shape index (κ3) is 6.42. The number of ether oxygens (including phenoxy) is 1. The van der Waals surface area contributed by atoms with Gasteiger partial charge in [0.1, 0.15) is 0 Å². The molecule has 3 aliphatic heterocycles. The van der Waals surface area contributed by atoms with Crippen LogP contribution in [0.2, 0.25) is 0 Å². The zero-order valence-electron chi connectivity index (χ0n) is 20.7. The summed E-state index contributed by atoms with van der Waals surface area (Å²) in [6.07, 6.45) is -1.77. The number of halogens is 3. The molecule has 1 unspecified atom stereocenters. The number of rotatable bonds is 5. The van der Waals surface area contributed by atoms with Gasteiger partial charge >= 0.3 is 12.2 Å². The van der Waals surface area contributed by atoms with Crippen LogP contribution in [-0.2, 0) is 10.9 Å². The molecule has 200 valence electrons. The second kappa shape index (κ2) is 11.1. The molecule has 0 saturated carbocycles. The summed E-state index contributed by atoms with van der Waals surface area (Å²) in [5, 5.41) is 11.4. The Bertz CT molecular complexity index is 1050. The number of carbonyl (C=O) groups is 1. The Kier molecular flexibility index (Phi) is 7.65. The van der Waals surface area contributed by atoms with Crippen LogP contribution in [0.1, 0.15) is 18.4 Å². The van der Waals surface area contributed by atoms with Crippen LogP contribution in [-0.4, -0.2) is 97.6 Å². The Morgan fingerprint density at radius 3 is 2.16 bits per heavy atom. The number of alkyl halides is 3. The molecule has 0 bridgehead atoms. The lowest BCUT2D eigenvalue weighted by atomic mass is 10.2. The number of carbonyl (C=O) groups excluding carboxylic acids is 1. The third-order valence-corrected chi connectivity index (χ3v) is 7.15. The minimum Gasteiger partial charge on any atom is -0.377 e. The molecule has 5 rings (SSSR count). The first-order chi connectivity index (χ1) is 17.8. The van der Waals surface area contributed by atoms with E-state index in [4.69, 9.17) is 4.74 Å². The van der Waals surface area contributed by atoms with Crippen LogP contribution in [0.3, 0.4) is 0 Å². The minimum absolute atomic E-state index is 0.122. The topological polar surface area (TPSA) is 77.1 Å². The highest BCUT2D eigenvalue weighted by molar-refractivity contribution is 5.89. The van der Waals surface area contributed by atoms with Crippen molar-refractivity contribution in [1.29, 1.82) is 0 Å². The molecule has 3 aliphatic rings. The molecule has 0 radical (unpaired) electrons. The van der Waals surface area contributed by atoms with Crippen LogP contribution in [0.5, 0.6) is 0 Å². The average Bonchev–Trinajstić information content (AvgIpc) is 3.42. The van der Waals surface area contributed by atoms with Gasteiger partial charge in [-0.05, 0) is 43.2 Å². The maximum atomic E-state index is 12.9. The normalized spacial score (nSPS) is 21.4. The summed E-state index contributed by atoms with van der Waals surface area (Å²) >= 11 is 0. The number of nitrogens with one attached hydrogen (secondary N) is 1. The van der Waals surface area contributed by atoms with Crippen molar-refractivity contribution in [2.24, 2.45) is 0 Å². The molecule has 1 aromatic heterocycles. The Balaban J connectivity index is 1.08. The first-order valence-corrected chi connectivity index (χ1v) is 12.8.